The maximum Gasteiger partial charge on any atom is 0.306 e. The van der Waals surface area contributed by atoms with Crippen molar-refractivity contribution in [2.45, 2.75) is 46.6 Å². The molecule has 1 aliphatic carbocycles. The molecule has 2 N–H and O–H groups in total. The van der Waals surface area contributed by atoms with Crippen molar-refractivity contribution in [2.75, 3.05) is 0 Å². The molecule has 0 amide bonds. The minimum Gasteiger partial charge on any atom is -0.481 e. The van der Waals surface area contributed by atoms with Gasteiger partial charge in [0, 0.05) is 0 Å². The maximum absolute atomic E-state index is 11.0. The zero-order chi connectivity index (χ0) is 11.1. The van der Waals surface area contributed by atoms with E-state index in [1.165, 1.54) is 0 Å². The summed E-state index contributed by atoms with van der Waals surface area (Å²) in [6, 6.07) is 0. The maximum atomic E-state index is 11.0. The molecule has 0 bridgehead atoms. The van der Waals surface area contributed by atoms with E-state index in [-0.39, 0.29) is 16.7 Å². The normalized spacial score (nSPS) is 35.2. The summed E-state index contributed by atoms with van der Waals surface area (Å²) in [4.78, 5) is 11.0. The Balaban J connectivity index is 2.91. The van der Waals surface area contributed by atoms with E-state index in [0.29, 0.717) is 12.8 Å². The van der Waals surface area contributed by atoms with Gasteiger partial charge in [-0.3, -0.25) is 4.79 Å². The number of rotatable bonds is 1. The predicted molar refractivity (Wildman–Crippen MR) is 53.9 cm³/mol. The first-order valence-corrected chi connectivity index (χ1v) is 5.08. The predicted octanol–water partition coefficient (Wildman–Crippen LogP) is 1.89. The molecule has 0 unspecified atom stereocenters. The van der Waals surface area contributed by atoms with E-state index in [1.807, 2.05) is 27.7 Å². The second-order valence-electron chi connectivity index (χ2n) is 5.82. The van der Waals surface area contributed by atoms with Crippen molar-refractivity contribution in [3.8, 4) is 0 Å². The number of aliphatic hydroxyl groups excluding tert-OH is 1. The third-order valence-electron chi connectivity index (χ3n) is 3.37. The molecule has 3 heteroatoms. The number of hydrogen-bond donors (Lipinski definition) is 2. The number of carbonyl (C=O) groups is 1. The van der Waals surface area contributed by atoms with E-state index >= 15 is 0 Å². The molecule has 1 rings (SSSR count). The SMILES string of the molecule is CC1(C)CC(C(=O)O)CC(C)(C)C1O. The highest BCUT2D eigenvalue weighted by molar-refractivity contribution is 5.70. The van der Waals surface area contributed by atoms with E-state index in [0.717, 1.165) is 0 Å². The molecule has 82 valence electrons. The lowest BCUT2D eigenvalue weighted by atomic mass is 9.59. The highest BCUT2D eigenvalue weighted by Crippen LogP contribution is 2.48. The van der Waals surface area contributed by atoms with Gasteiger partial charge in [-0.05, 0) is 23.7 Å². The van der Waals surface area contributed by atoms with Gasteiger partial charge < -0.3 is 10.2 Å². The van der Waals surface area contributed by atoms with Crippen LogP contribution in [0.4, 0.5) is 0 Å². The first-order chi connectivity index (χ1) is 6.17. The second kappa shape index (κ2) is 3.23. The topological polar surface area (TPSA) is 57.5 Å². The third kappa shape index (κ3) is 1.92. The van der Waals surface area contributed by atoms with Crippen LogP contribution in [0.2, 0.25) is 0 Å². The number of hydrogen-bond acceptors (Lipinski definition) is 2. The van der Waals surface area contributed by atoms with Crippen LogP contribution in [-0.2, 0) is 4.79 Å². The summed E-state index contributed by atoms with van der Waals surface area (Å²) in [6.07, 6.45) is 0.699. The quantitative estimate of drug-likeness (QED) is 0.679. The van der Waals surface area contributed by atoms with Crippen molar-refractivity contribution in [2.24, 2.45) is 16.7 Å². The van der Waals surface area contributed by atoms with Gasteiger partial charge in [0.2, 0.25) is 0 Å². The monoisotopic (exact) mass is 200 g/mol. The van der Waals surface area contributed by atoms with Gasteiger partial charge >= 0.3 is 5.97 Å². The second-order valence-corrected chi connectivity index (χ2v) is 5.82. The molecule has 1 fully saturated rings. The summed E-state index contributed by atoms with van der Waals surface area (Å²) in [6.45, 7) is 7.76. The molecule has 3 nitrogen and oxygen atoms in total. The zero-order valence-corrected chi connectivity index (χ0v) is 9.37. The molecule has 0 aliphatic heterocycles. The Morgan fingerprint density at radius 2 is 1.50 bits per heavy atom. The van der Waals surface area contributed by atoms with Gasteiger partial charge in [0.1, 0.15) is 0 Å². The van der Waals surface area contributed by atoms with Crippen LogP contribution in [0, 0.1) is 16.7 Å². The van der Waals surface area contributed by atoms with Crippen LogP contribution in [0.5, 0.6) is 0 Å². The Morgan fingerprint density at radius 1 is 1.14 bits per heavy atom. The molecule has 0 aromatic heterocycles. The van der Waals surface area contributed by atoms with Gasteiger partial charge in [-0.2, -0.15) is 0 Å². The highest BCUT2D eigenvalue weighted by atomic mass is 16.4. The van der Waals surface area contributed by atoms with Crippen molar-refractivity contribution < 1.29 is 15.0 Å². The van der Waals surface area contributed by atoms with Crippen LogP contribution < -0.4 is 0 Å². The van der Waals surface area contributed by atoms with Gasteiger partial charge in [0.05, 0.1) is 12.0 Å². The van der Waals surface area contributed by atoms with Crippen LogP contribution >= 0.6 is 0 Å². The van der Waals surface area contributed by atoms with Crippen molar-refractivity contribution in [1.29, 1.82) is 0 Å². The Kier molecular flexibility index (Phi) is 2.65. The Hall–Kier alpha value is -0.570. The lowest BCUT2D eigenvalue weighted by Gasteiger charge is -2.48. The highest BCUT2D eigenvalue weighted by Gasteiger charge is 2.48. The first kappa shape index (κ1) is 11.5. The van der Waals surface area contributed by atoms with Crippen LogP contribution in [0.15, 0.2) is 0 Å². The average Bonchev–Trinajstić information content (AvgIpc) is 1.98. The minimum absolute atomic E-state index is 0.301. The number of carboxylic acid groups (broad SMARTS) is 1. The van der Waals surface area contributed by atoms with Crippen LogP contribution in [-0.4, -0.2) is 22.3 Å². The van der Waals surface area contributed by atoms with Gasteiger partial charge in [0.25, 0.3) is 0 Å². The molecule has 0 spiro atoms. The largest absolute Gasteiger partial charge is 0.481 e. The molecule has 1 aliphatic rings. The third-order valence-corrected chi connectivity index (χ3v) is 3.37. The Labute approximate surface area is 85.1 Å². The molecule has 0 atom stereocenters. The first-order valence-electron chi connectivity index (χ1n) is 5.08. The van der Waals surface area contributed by atoms with E-state index in [1.54, 1.807) is 0 Å². The van der Waals surface area contributed by atoms with Crippen LogP contribution in [0.25, 0.3) is 0 Å². The standard InChI is InChI=1S/C11H20O3/c1-10(2)5-7(8(12)13)6-11(3,4)9(10)14/h7,9,14H,5-6H2,1-4H3,(H,12,13). The van der Waals surface area contributed by atoms with Crippen molar-refractivity contribution >= 4 is 5.97 Å². The molecule has 0 radical (unpaired) electrons. The summed E-state index contributed by atoms with van der Waals surface area (Å²) < 4.78 is 0. The smallest absolute Gasteiger partial charge is 0.306 e. The summed E-state index contributed by atoms with van der Waals surface area (Å²) in [7, 11) is 0. The Bertz CT molecular complexity index is 225. The summed E-state index contributed by atoms with van der Waals surface area (Å²) in [5, 5.41) is 19.1. The molecule has 14 heavy (non-hydrogen) atoms. The molecule has 0 aromatic carbocycles. The average molecular weight is 200 g/mol. The van der Waals surface area contributed by atoms with Gasteiger partial charge in [-0.15, -0.1) is 0 Å². The number of aliphatic hydroxyl groups is 1. The number of carboxylic acids is 1. The summed E-state index contributed by atoms with van der Waals surface area (Å²) >= 11 is 0. The van der Waals surface area contributed by atoms with Gasteiger partial charge in [-0.25, -0.2) is 0 Å². The molecule has 0 saturated heterocycles. The van der Waals surface area contributed by atoms with E-state index in [4.69, 9.17) is 5.11 Å². The summed E-state index contributed by atoms with van der Waals surface area (Å²) in [5.74, 6) is -1.05. The van der Waals surface area contributed by atoms with E-state index in [2.05, 4.69) is 0 Å². The van der Waals surface area contributed by atoms with Gasteiger partial charge in [0.15, 0.2) is 0 Å². The van der Waals surface area contributed by atoms with Gasteiger partial charge in [-0.1, -0.05) is 27.7 Å². The zero-order valence-electron chi connectivity index (χ0n) is 9.37. The summed E-state index contributed by atoms with van der Waals surface area (Å²) in [5.41, 5.74) is -0.602. The molecular weight excluding hydrogens is 180 g/mol. The fourth-order valence-corrected chi connectivity index (χ4v) is 2.80. The van der Waals surface area contributed by atoms with E-state index in [9.17, 15) is 9.90 Å². The van der Waals surface area contributed by atoms with Crippen LogP contribution in [0.1, 0.15) is 40.5 Å². The molecular formula is C11H20O3. The fourth-order valence-electron chi connectivity index (χ4n) is 2.80. The van der Waals surface area contributed by atoms with E-state index < -0.39 is 12.1 Å². The lowest BCUT2D eigenvalue weighted by Crippen LogP contribution is -2.49. The van der Waals surface area contributed by atoms with Crippen molar-refractivity contribution in [1.82, 2.24) is 0 Å². The molecule has 0 heterocycles. The Morgan fingerprint density at radius 3 is 1.79 bits per heavy atom. The molecule has 0 aromatic rings. The fraction of sp³-hybridized carbons (Fsp3) is 0.909. The lowest BCUT2D eigenvalue weighted by molar-refractivity contribution is -0.154. The number of aliphatic carboxylic acids is 1. The molecule has 1 saturated carbocycles. The van der Waals surface area contributed by atoms with Crippen molar-refractivity contribution in [3.63, 3.8) is 0 Å². The minimum atomic E-state index is -0.738. The van der Waals surface area contributed by atoms with Crippen molar-refractivity contribution in [3.05, 3.63) is 0 Å². The van der Waals surface area contributed by atoms with Crippen LogP contribution in [0.3, 0.4) is 0 Å².